The predicted molar refractivity (Wildman–Crippen MR) is 74.6 cm³/mol. The zero-order chi connectivity index (χ0) is 13.4. The second-order valence-corrected chi connectivity index (χ2v) is 5.05. The van der Waals surface area contributed by atoms with Crippen LogP contribution in [0.25, 0.3) is 0 Å². The van der Waals surface area contributed by atoms with E-state index in [-0.39, 0.29) is 11.9 Å². The summed E-state index contributed by atoms with van der Waals surface area (Å²) in [5, 5.41) is 0. The molecule has 0 spiro atoms. The number of rotatable bonds is 7. The van der Waals surface area contributed by atoms with E-state index in [4.69, 9.17) is 16.3 Å². The molecular weight excluding hydrogens is 250 g/mol. The molecule has 1 amide bonds. The van der Waals surface area contributed by atoms with Gasteiger partial charge in [0.15, 0.2) is 0 Å². The van der Waals surface area contributed by atoms with Crippen molar-refractivity contribution >= 4 is 17.7 Å². The number of thioether (sulfide) groups is 1. The van der Waals surface area contributed by atoms with Crippen molar-refractivity contribution in [1.29, 1.82) is 0 Å². The third kappa shape index (κ3) is 5.39. The van der Waals surface area contributed by atoms with Gasteiger partial charge in [-0.3, -0.25) is 10.2 Å². The second-order valence-electron chi connectivity index (χ2n) is 3.90. The molecule has 1 rings (SSSR count). The molecule has 0 aliphatic heterocycles. The molecule has 0 saturated heterocycles. The van der Waals surface area contributed by atoms with E-state index in [0.29, 0.717) is 17.9 Å². The Morgan fingerprint density at radius 2 is 2.33 bits per heavy atom. The lowest BCUT2D eigenvalue weighted by Gasteiger charge is -2.08. The molecule has 1 atom stereocenters. The van der Waals surface area contributed by atoms with Crippen molar-refractivity contribution in [3.05, 3.63) is 29.8 Å². The van der Waals surface area contributed by atoms with E-state index in [0.717, 1.165) is 11.5 Å². The number of ether oxygens (including phenoxy) is 1. The number of nitrogen functional groups attached to an aromatic ring is 1. The lowest BCUT2D eigenvalue weighted by atomic mass is 10.2. The fourth-order valence-corrected chi connectivity index (χ4v) is 2.04. The van der Waals surface area contributed by atoms with Crippen molar-refractivity contribution in [2.45, 2.75) is 13.0 Å². The molecule has 1 unspecified atom stereocenters. The number of hydrazine groups is 1. The summed E-state index contributed by atoms with van der Waals surface area (Å²) in [5.74, 6) is 7.19. The normalized spacial score (nSPS) is 11.9. The lowest BCUT2D eigenvalue weighted by Crippen LogP contribution is -2.29. The summed E-state index contributed by atoms with van der Waals surface area (Å²) in [6.45, 7) is 2.56. The van der Waals surface area contributed by atoms with Gasteiger partial charge in [0.1, 0.15) is 5.75 Å². The minimum absolute atomic E-state index is 0.201. The SMILES string of the molecule is CC(N)CSCCOc1cccc(C(=O)NN)c1. The second kappa shape index (κ2) is 7.97. The highest BCUT2D eigenvalue weighted by Crippen LogP contribution is 2.13. The Kier molecular flexibility index (Phi) is 6.56. The number of carbonyl (C=O) groups is 1. The summed E-state index contributed by atoms with van der Waals surface area (Å²) < 4.78 is 5.54. The van der Waals surface area contributed by atoms with E-state index >= 15 is 0 Å². The number of hydrogen-bond donors (Lipinski definition) is 3. The van der Waals surface area contributed by atoms with Crippen LogP contribution in [0.15, 0.2) is 24.3 Å². The summed E-state index contributed by atoms with van der Waals surface area (Å²) in [6.07, 6.45) is 0. The molecule has 0 heterocycles. The highest BCUT2D eigenvalue weighted by Gasteiger charge is 2.04. The van der Waals surface area contributed by atoms with Crippen molar-refractivity contribution in [3.63, 3.8) is 0 Å². The van der Waals surface area contributed by atoms with Crippen LogP contribution in [0.1, 0.15) is 17.3 Å². The Labute approximate surface area is 111 Å². The van der Waals surface area contributed by atoms with Gasteiger partial charge in [0.05, 0.1) is 6.61 Å². The van der Waals surface area contributed by atoms with Crippen molar-refractivity contribution in [3.8, 4) is 5.75 Å². The monoisotopic (exact) mass is 269 g/mol. The average Bonchev–Trinajstić information content (AvgIpc) is 2.37. The van der Waals surface area contributed by atoms with Crippen LogP contribution in [-0.4, -0.2) is 30.1 Å². The van der Waals surface area contributed by atoms with E-state index in [1.165, 1.54) is 0 Å². The number of amides is 1. The minimum Gasteiger partial charge on any atom is -0.493 e. The van der Waals surface area contributed by atoms with Crippen LogP contribution in [-0.2, 0) is 0 Å². The fraction of sp³-hybridized carbons (Fsp3) is 0.417. The Morgan fingerprint density at radius 3 is 3.00 bits per heavy atom. The van der Waals surface area contributed by atoms with E-state index < -0.39 is 0 Å². The van der Waals surface area contributed by atoms with E-state index in [9.17, 15) is 4.79 Å². The van der Waals surface area contributed by atoms with Gasteiger partial charge in [0, 0.05) is 23.1 Å². The van der Waals surface area contributed by atoms with Gasteiger partial charge in [-0.2, -0.15) is 11.8 Å². The molecule has 5 nitrogen and oxygen atoms in total. The Morgan fingerprint density at radius 1 is 1.56 bits per heavy atom. The van der Waals surface area contributed by atoms with Gasteiger partial charge >= 0.3 is 0 Å². The fourth-order valence-electron chi connectivity index (χ4n) is 1.30. The van der Waals surface area contributed by atoms with Crippen LogP contribution >= 0.6 is 11.8 Å². The highest BCUT2D eigenvalue weighted by atomic mass is 32.2. The minimum atomic E-state index is -0.327. The third-order valence-corrected chi connectivity index (χ3v) is 3.32. The molecule has 6 heteroatoms. The van der Waals surface area contributed by atoms with Gasteiger partial charge in [-0.25, -0.2) is 5.84 Å². The first-order valence-electron chi connectivity index (χ1n) is 5.70. The molecule has 0 aliphatic rings. The maximum atomic E-state index is 11.3. The summed E-state index contributed by atoms with van der Waals surface area (Å²) in [5.41, 5.74) is 8.21. The molecular formula is C12H19N3O2S. The van der Waals surface area contributed by atoms with Gasteiger partial charge < -0.3 is 10.5 Å². The zero-order valence-corrected chi connectivity index (χ0v) is 11.2. The van der Waals surface area contributed by atoms with Gasteiger partial charge in [0.25, 0.3) is 5.91 Å². The number of carbonyl (C=O) groups excluding carboxylic acids is 1. The molecule has 1 aromatic rings. The Bertz CT molecular complexity index is 385. The van der Waals surface area contributed by atoms with Crippen LogP contribution in [0.5, 0.6) is 5.75 Å². The maximum absolute atomic E-state index is 11.3. The van der Waals surface area contributed by atoms with Crippen molar-refractivity contribution in [2.24, 2.45) is 11.6 Å². The molecule has 18 heavy (non-hydrogen) atoms. The molecule has 0 aliphatic carbocycles. The topological polar surface area (TPSA) is 90.4 Å². The molecule has 1 aromatic carbocycles. The first-order chi connectivity index (χ1) is 8.63. The highest BCUT2D eigenvalue weighted by molar-refractivity contribution is 7.99. The first kappa shape index (κ1) is 14.8. The quantitative estimate of drug-likeness (QED) is 0.294. The van der Waals surface area contributed by atoms with Crippen molar-refractivity contribution < 1.29 is 9.53 Å². The number of hydrogen-bond acceptors (Lipinski definition) is 5. The van der Waals surface area contributed by atoms with Crippen LogP contribution in [0.2, 0.25) is 0 Å². The van der Waals surface area contributed by atoms with E-state index in [1.807, 2.05) is 13.0 Å². The number of benzene rings is 1. The lowest BCUT2D eigenvalue weighted by molar-refractivity contribution is 0.0953. The van der Waals surface area contributed by atoms with Crippen LogP contribution in [0.4, 0.5) is 0 Å². The Hall–Kier alpha value is -1.24. The molecule has 100 valence electrons. The van der Waals surface area contributed by atoms with Crippen molar-refractivity contribution in [1.82, 2.24) is 5.43 Å². The van der Waals surface area contributed by atoms with Crippen LogP contribution < -0.4 is 21.7 Å². The summed E-state index contributed by atoms with van der Waals surface area (Å²) in [6, 6.07) is 7.11. The van der Waals surface area contributed by atoms with Crippen molar-refractivity contribution in [2.75, 3.05) is 18.1 Å². The molecule has 0 saturated carbocycles. The van der Waals surface area contributed by atoms with Gasteiger partial charge in [-0.15, -0.1) is 0 Å². The van der Waals surface area contributed by atoms with E-state index in [2.05, 4.69) is 5.43 Å². The van der Waals surface area contributed by atoms with Gasteiger partial charge in [0.2, 0.25) is 0 Å². The number of nitrogens with one attached hydrogen (secondary N) is 1. The molecule has 0 radical (unpaired) electrons. The maximum Gasteiger partial charge on any atom is 0.265 e. The summed E-state index contributed by atoms with van der Waals surface area (Å²) in [4.78, 5) is 11.3. The largest absolute Gasteiger partial charge is 0.493 e. The summed E-state index contributed by atoms with van der Waals surface area (Å²) in [7, 11) is 0. The van der Waals surface area contributed by atoms with Crippen LogP contribution in [0.3, 0.4) is 0 Å². The van der Waals surface area contributed by atoms with Gasteiger partial charge in [-0.1, -0.05) is 6.07 Å². The molecule has 0 fully saturated rings. The smallest absolute Gasteiger partial charge is 0.265 e. The molecule has 0 bridgehead atoms. The van der Waals surface area contributed by atoms with Gasteiger partial charge in [-0.05, 0) is 25.1 Å². The average molecular weight is 269 g/mol. The summed E-state index contributed by atoms with van der Waals surface area (Å²) >= 11 is 1.75. The first-order valence-corrected chi connectivity index (χ1v) is 6.86. The predicted octanol–water partition coefficient (Wildman–Crippen LogP) is 0.749. The van der Waals surface area contributed by atoms with Crippen LogP contribution in [0, 0.1) is 0 Å². The molecule has 0 aromatic heterocycles. The molecule has 5 N–H and O–H groups in total. The third-order valence-electron chi connectivity index (χ3n) is 2.10. The standard InChI is InChI=1S/C12H19N3O2S/c1-9(13)8-18-6-5-17-11-4-2-3-10(7-11)12(16)15-14/h2-4,7,9H,5-6,8,13-14H2,1H3,(H,15,16). The zero-order valence-electron chi connectivity index (χ0n) is 10.4. The Balaban J connectivity index is 2.36. The number of nitrogens with two attached hydrogens (primary N) is 2. The van der Waals surface area contributed by atoms with E-state index in [1.54, 1.807) is 30.0 Å².